The van der Waals surface area contributed by atoms with Crippen LogP contribution in [-0.2, 0) is 14.8 Å². The van der Waals surface area contributed by atoms with Gasteiger partial charge >= 0.3 is 5.97 Å². The molecule has 2 aromatic rings. The summed E-state index contributed by atoms with van der Waals surface area (Å²) in [4.78, 5) is 10.7. The van der Waals surface area contributed by atoms with Crippen LogP contribution in [-0.4, -0.2) is 25.5 Å². The van der Waals surface area contributed by atoms with E-state index in [2.05, 4.69) is 4.72 Å². The molecule has 0 radical (unpaired) electrons. The molecule has 0 fully saturated rings. The van der Waals surface area contributed by atoms with Crippen molar-refractivity contribution in [1.29, 1.82) is 0 Å². The van der Waals surface area contributed by atoms with Crippen LogP contribution in [0, 0.1) is 0 Å². The lowest BCUT2D eigenvalue weighted by atomic mass is 10.1. The van der Waals surface area contributed by atoms with Crippen LogP contribution in [0.1, 0.15) is 6.92 Å². The van der Waals surface area contributed by atoms with Crippen LogP contribution in [0.25, 0.3) is 11.1 Å². The highest BCUT2D eigenvalue weighted by Crippen LogP contribution is 2.23. The largest absolute Gasteiger partial charge is 0.480 e. The molecule has 0 aliphatic rings. The maximum Gasteiger partial charge on any atom is 0.321 e. The molecule has 5 nitrogen and oxygen atoms in total. The van der Waals surface area contributed by atoms with E-state index in [1.165, 1.54) is 19.1 Å². The van der Waals surface area contributed by atoms with E-state index in [9.17, 15) is 13.2 Å². The first-order valence-electron chi connectivity index (χ1n) is 6.41. The monoisotopic (exact) mass is 339 g/mol. The molecule has 1 unspecified atom stereocenters. The van der Waals surface area contributed by atoms with E-state index >= 15 is 0 Å². The lowest BCUT2D eigenvalue weighted by molar-refractivity contribution is -0.138. The Labute approximate surface area is 133 Å². The van der Waals surface area contributed by atoms with Gasteiger partial charge in [0.15, 0.2) is 0 Å². The van der Waals surface area contributed by atoms with E-state index in [0.29, 0.717) is 5.02 Å². The number of hydrogen-bond acceptors (Lipinski definition) is 3. The zero-order valence-corrected chi connectivity index (χ0v) is 13.2. The van der Waals surface area contributed by atoms with Gasteiger partial charge in [0, 0.05) is 5.02 Å². The van der Waals surface area contributed by atoms with Gasteiger partial charge in [0.2, 0.25) is 10.0 Å². The zero-order valence-electron chi connectivity index (χ0n) is 11.7. The van der Waals surface area contributed by atoms with E-state index in [1.54, 1.807) is 24.3 Å². The van der Waals surface area contributed by atoms with Crippen molar-refractivity contribution < 1.29 is 18.3 Å². The van der Waals surface area contributed by atoms with Crippen LogP contribution in [0.5, 0.6) is 0 Å². The summed E-state index contributed by atoms with van der Waals surface area (Å²) >= 11 is 5.82. The van der Waals surface area contributed by atoms with E-state index in [1.807, 2.05) is 12.1 Å². The number of halogens is 1. The standard InChI is InChI=1S/C15H14ClNO4S/c1-10(15(18)19)17-22(20,21)14-8-4-12(5-9-14)11-2-6-13(16)7-3-11/h2-10,17H,1H3,(H,18,19). The van der Waals surface area contributed by atoms with Gasteiger partial charge in [0.1, 0.15) is 6.04 Å². The highest BCUT2D eigenvalue weighted by molar-refractivity contribution is 7.89. The molecule has 22 heavy (non-hydrogen) atoms. The maximum absolute atomic E-state index is 12.0. The van der Waals surface area contributed by atoms with Gasteiger partial charge < -0.3 is 5.11 Å². The predicted octanol–water partition coefficient (Wildman–Crippen LogP) is 2.76. The van der Waals surface area contributed by atoms with Crippen molar-refractivity contribution >= 4 is 27.6 Å². The summed E-state index contributed by atoms with van der Waals surface area (Å²) in [5.74, 6) is -1.23. The van der Waals surface area contributed by atoms with Crippen molar-refractivity contribution in [3.63, 3.8) is 0 Å². The second kappa shape index (κ2) is 6.48. The van der Waals surface area contributed by atoms with Gasteiger partial charge in [0.05, 0.1) is 4.90 Å². The van der Waals surface area contributed by atoms with Gasteiger partial charge in [-0.2, -0.15) is 4.72 Å². The number of benzene rings is 2. The van der Waals surface area contributed by atoms with Gasteiger partial charge in [-0.15, -0.1) is 0 Å². The number of carboxylic acids is 1. The van der Waals surface area contributed by atoms with E-state index in [4.69, 9.17) is 16.7 Å². The highest BCUT2D eigenvalue weighted by atomic mass is 35.5. The Kier molecular flexibility index (Phi) is 4.85. The van der Waals surface area contributed by atoms with Crippen LogP contribution in [0.4, 0.5) is 0 Å². The molecule has 2 aromatic carbocycles. The smallest absolute Gasteiger partial charge is 0.321 e. The first-order chi connectivity index (χ1) is 10.3. The molecule has 0 heterocycles. The molecule has 0 saturated carbocycles. The molecule has 0 aliphatic carbocycles. The van der Waals surface area contributed by atoms with Gasteiger partial charge in [-0.1, -0.05) is 35.9 Å². The molecule has 0 aromatic heterocycles. The Morgan fingerprint density at radius 3 is 1.95 bits per heavy atom. The van der Waals surface area contributed by atoms with Crippen LogP contribution in [0.3, 0.4) is 0 Å². The summed E-state index contributed by atoms with van der Waals surface area (Å²) in [6.45, 7) is 1.27. The summed E-state index contributed by atoms with van der Waals surface area (Å²) in [7, 11) is -3.86. The Hall–Kier alpha value is -1.89. The fourth-order valence-corrected chi connectivity index (χ4v) is 3.14. The molecule has 1 atom stereocenters. The fourth-order valence-electron chi connectivity index (χ4n) is 1.82. The average molecular weight is 340 g/mol. The molecule has 116 valence electrons. The van der Waals surface area contributed by atoms with E-state index in [-0.39, 0.29) is 4.90 Å². The van der Waals surface area contributed by atoms with Crippen LogP contribution in [0.15, 0.2) is 53.4 Å². The Bertz CT molecular complexity index is 770. The van der Waals surface area contributed by atoms with Crippen LogP contribution in [0.2, 0.25) is 5.02 Å². The number of sulfonamides is 1. The van der Waals surface area contributed by atoms with Crippen molar-refractivity contribution in [3.05, 3.63) is 53.6 Å². The van der Waals surface area contributed by atoms with Crippen molar-refractivity contribution in [2.75, 3.05) is 0 Å². The lowest BCUT2D eigenvalue weighted by Crippen LogP contribution is -2.38. The number of hydrogen-bond donors (Lipinski definition) is 2. The molecule has 2 rings (SSSR count). The van der Waals surface area contributed by atoms with Gasteiger partial charge in [-0.25, -0.2) is 8.42 Å². The quantitative estimate of drug-likeness (QED) is 0.877. The van der Waals surface area contributed by atoms with Gasteiger partial charge in [-0.05, 0) is 42.3 Å². The minimum absolute atomic E-state index is 0.0123. The fraction of sp³-hybridized carbons (Fsp3) is 0.133. The molecule has 7 heteroatoms. The molecule has 0 aliphatic heterocycles. The van der Waals surface area contributed by atoms with Gasteiger partial charge in [-0.3, -0.25) is 4.79 Å². The summed E-state index contributed by atoms with van der Waals surface area (Å²) < 4.78 is 26.2. The van der Waals surface area contributed by atoms with E-state index < -0.39 is 22.0 Å². The molecule has 0 spiro atoms. The first kappa shape index (κ1) is 16.5. The highest BCUT2D eigenvalue weighted by Gasteiger charge is 2.21. The molecule has 0 bridgehead atoms. The third kappa shape index (κ3) is 3.85. The van der Waals surface area contributed by atoms with Crippen LogP contribution >= 0.6 is 11.6 Å². The second-order valence-corrected chi connectivity index (χ2v) is 6.86. The minimum atomic E-state index is -3.86. The molecular formula is C15H14ClNO4S. The topological polar surface area (TPSA) is 83.5 Å². The Morgan fingerprint density at radius 1 is 1.05 bits per heavy atom. The summed E-state index contributed by atoms with van der Waals surface area (Å²) in [5, 5.41) is 9.39. The first-order valence-corrected chi connectivity index (χ1v) is 8.27. The molecule has 0 saturated heterocycles. The number of aliphatic carboxylic acids is 1. The maximum atomic E-state index is 12.0. The molecule has 0 amide bonds. The molecular weight excluding hydrogens is 326 g/mol. The number of rotatable bonds is 5. The third-order valence-corrected chi connectivity index (χ3v) is 4.85. The van der Waals surface area contributed by atoms with Gasteiger partial charge in [0.25, 0.3) is 0 Å². The number of nitrogens with one attached hydrogen (secondary N) is 1. The SMILES string of the molecule is CC(NS(=O)(=O)c1ccc(-c2ccc(Cl)cc2)cc1)C(=O)O. The Morgan fingerprint density at radius 2 is 1.50 bits per heavy atom. The molecule has 2 N–H and O–H groups in total. The minimum Gasteiger partial charge on any atom is -0.480 e. The predicted molar refractivity (Wildman–Crippen MR) is 84.3 cm³/mol. The third-order valence-electron chi connectivity index (χ3n) is 3.04. The van der Waals surface area contributed by atoms with E-state index in [0.717, 1.165) is 11.1 Å². The van der Waals surface area contributed by atoms with Crippen molar-refractivity contribution in [1.82, 2.24) is 4.72 Å². The van der Waals surface area contributed by atoms with Crippen LogP contribution < -0.4 is 4.72 Å². The summed E-state index contributed by atoms with van der Waals surface area (Å²) in [6, 6.07) is 12.1. The average Bonchev–Trinajstić information content (AvgIpc) is 2.47. The number of carboxylic acid groups (broad SMARTS) is 1. The second-order valence-electron chi connectivity index (χ2n) is 4.71. The van der Waals surface area contributed by atoms with Crippen molar-refractivity contribution in [2.24, 2.45) is 0 Å². The summed E-state index contributed by atoms with van der Waals surface area (Å²) in [6.07, 6.45) is 0. The number of carbonyl (C=O) groups is 1. The lowest BCUT2D eigenvalue weighted by Gasteiger charge is -2.10. The zero-order chi connectivity index (χ0) is 16.3. The normalized spacial score (nSPS) is 12.8. The van der Waals surface area contributed by atoms with Crippen molar-refractivity contribution in [2.45, 2.75) is 17.9 Å². The Balaban J connectivity index is 2.25. The van der Waals surface area contributed by atoms with Crippen molar-refractivity contribution in [3.8, 4) is 11.1 Å². The summed E-state index contributed by atoms with van der Waals surface area (Å²) in [5.41, 5.74) is 1.74.